The second-order valence-electron chi connectivity index (χ2n) is 5.49. The third kappa shape index (κ3) is 3.85. The molecule has 1 N–H and O–H groups in total. The van der Waals surface area contributed by atoms with Gasteiger partial charge in [-0.3, -0.25) is 9.40 Å². The van der Waals surface area contributed by atoms with Crippen LogP contribution >= 0.6 is 0 Å². The number of benzene rings is 2. The Morgan fingerprint density at radius 3 is 2.52 bits per heavy atom. The minimum atomic E-state index is -4.05. The Kier molecular flexibility index (Phi) is 4.54. The highest BCUT2D eigenvalue weighted by Gasteiger charge is 2.22. The molecule has 25 heavy (non-hydrogen) atoms. The first kappa shape index (κ1) is 17.1. The van der Waals surface area contributed by atoms with E-state index in [9.17, 15) is 17.2 Å². The summed E-state index contributed by atoms with van der Waals surface area (Å²) in [7, 11) is -4.05. The Labute approximate surface area is 144 Å². The molecule has 0 aliphatic heterocycles. The maximum atomic E-state index is 13.7. The van der Waals surface area contributed by atoms with Crippen LogP contribution < -0.4 is 4.72 Å². The van der Waals surface area contributed by atoms with Crippen molar-refractivity contribution in [2.24, 2.45) is 0 Å². The zero-order valence-corrected chi connectivity index (χ0v) is 14.1. The minimum Gasteiger partial charge on any atom is -0.277 e. The fourth-order valence-corrected chi connectivity index (χ4v) is 3.64. The van der Waals surface area contributed by atoms with E-state index in [1.807, 2.05) is 30.3 Å². The van der Waals surface area contributed by atoms with E-state index in [4.69, 9.17) is 0 Å². The lowest BCUT2D eigenvalue weighted by molar-refractivity contribution is 0.582. The number of aromatic nitrogens is 2. The molecule has 3 rings (SSSR count). The molecule has 0 saturated heterocycles. The first-order chi connectivity index (χ1) is 11.8. The molecule has 8 heteroatoms. The number of nitrogens with zero attached hydrogens (tertiary/aromatic N) is 2. The van der Waals surface area contributed by atoms with Gasteiger partial charge in [0.05, 0.1) is 17.9 Å². The number of aryl methyl sites for hydroxylation is 1. The third-order valence-electron chi connectivity index (χ3n) is 3.55. The smallest absolute Gasteiger partial charge is 0.265 e. The van der Waals surface area contributed by atoms with Crippen LogP contribution in [-0.4, -0.2) is 18.2 Å². The summed E-state index contributed by atoms with van der Waals surface area (Å²) in [6, 6.07) is 12.1. The van der Waals surface area contributed by atoms with Gasteiger partial charge in [-0.05, 0) is 24.6 Å². The predicted octanol–water partition coefficient (Wildman–Crippen LogP) is 3.32. The van der Waals surface area contributed by atoms with Crippen LogP contribution in [0.2, 0.25) is 0 Å². The third-order valence-corrected chi connectivity index (χ3v) is 5.02. The Morgan fingerprint density at radius 2 is 1.84 bits per heavy atom. The lowest BCUT2D eigenvalue weighted by atomic mass is 10.2. The van der Waals surface area contributed by atoms with Crippen molar-refractivity contribution in [3.8, 4) is 0 Å². The summed E-state index contributed by atoms with van der Waals surface area (Å²) >= 11 is 0. The molecule has 0 saturated carbocycles. The van der Waals surface area contributed by atoms with Crippen molar-refractivity contribution in [3.05, 3.63) is 77.6 Å². The van der Waals surface area contributed by atoms with Gasteiger partial charge in [-0.1, -0.05) is 30.3 Å². The number of nitrogens with one attached hydrogen (secondary N) is 1. The average Bonchev–Trinajstić information content (AvgIpc) is 2.92. The Bertz CT molecular complexity index is 1000. The lowest BCUT2D eigenvalue weighted by Crippen LogP contribution is -2.14. The van der Waals surface area contributed by atoms with Crippen LogP contribution in [0.1, 0.15) is 11.3 Å². The molecule has 0 fully saturated rings. The highest BCUT2D eigenvalue weighted by atomic mass is 32.2. The van der Waals surface area contributed by atoms with Gasteiger partial charge in [0.1, 0.15) is 16.5 Å². The van der Waals surface area contributed by atoms with Crippen molar-refractivity contribution < 1.29 is 17.2 Å². The van der Waals surface area contributed by atoms with Gasteiger partial charge in [0.25, 0.3) is 10.0 Å². The number of hydrogen-bond donors (Lipinski definition) is 1. The summed E-state index contributed by atoms with van der Waals surface area (Å²) in [4.78, 5) is -0.0628. The standard InChI is InChI=1S/C17H15F2N3O2S/c1-12-17(11-22(20-12)10-13-5-3-2-4-6-13)25(23,24)21-16-8-7-14(18)9-15(16)19/h2-9,11,21H,10H2,1H3. The maximum Gasteiger partial charge on any atom is 0.265 e. The van der Waals surface area contributed by atoms with E-state index in [2.05, 4.69) is 9.82 Å². The van der Waals surface area contributed by atoms with Crippen molar-refractivity contribution >= 4 is 15.7 Å². The summed E-state index contributed by atoms with van der Waals surface area (Å²) in [5.74, 6) is -1.77. The summed E-state index contributed by atoms with van der Waals surface area (Å²) in [6.07, 6.45) is 1.38. The van der Waals surface area contributed by atoms with Gasteiger partial charge < -0.3 is 0 Å². The molecule has 0 amide bonds. The summed E-state index contributed by atoms with van der Waals surface area (Å²) < 4.78 is 55.3. The van der Waals surface area contributed by atoms with E-state index in [1.165, 1.54) is 10.9 Å². The topological polar surface area (TPSA) is 64.0 Å². The molecule has 0 unspecified atom stereocenters. The Hall–Kier alpha value is -2.74. The molecule has 0 radical (unpaired) electrons. The van der Waals surface area contributed by atoms with Crippen molar-refractivity contribution in [2.45, 2.75) is 18.4 Å². The molecule has 1 aromatic heterocycles. The number of halogens is 2. The molecular formula is C17H15F2N3O2S. The molecule has 0 aliphatic rings. The van der Waals surface area contributed by atoms with E-state index >= 15 is 0 Å². The number of sulfonamides is 1. The molecule has 130 valence electrons. The first-order valence-corrected chi connectivity index (χ1v) is 8.89. The average molecular weight is 363 g/mol. The fraction of sp³-hybridized carbons (Fsp3) is 0.118. The highest BCUT2D eigenvalue weighted by Crippen LogP contribution is 2.21. The van der Waals surface area contributed by atoms with Crippen LogP contribution in [-0.2, 0) is 16.6 Å². The molecular weight excluding hydrogens is 348 g/mol. The molecule has 0 bridgehead atoms. The van der Waals surface area contributed by atoms with Crippen molar-refractivity contribution in [1.29, 1.82) is 0 Å². The molecule has 3 aromatic rings. The monoisotopic (exact) mass is 363 g/mol. The van der Waals surface area contributed by atoms with E-state index in [0.717, 1.165) is 17.7 Å². The minimum absolute atomic E-state index is 0.0628. The Morgan fingerprint density at radius 1 is 1.12 bits per heavy atom. The second-order valence-corrected chi connectivity index (χ2v) is 7.14. The largest absolute Gasteiger partial charge is 0.277 e. The van der Waals surface area contributed by atoms with E-state index in [1.54, 1.807) is 6.92 Å². The van der Waals surface area contributed by atoms with Crippen LogP contribution in [0.3, 0.4) is 0 Å². The second kappa shape index (κ2) is 6.64. The van der Waals surface area contributed by atoms with Crippen LogP contribution in [0.25, 0.3) is 0 Å². The SMILES string of the molecule is Cc1nn(Cc2ccccc2)cc1S(=O)(=O)Nc1ccc(F)cc1F. The molecule has 1 heterocycles. The van der Waals surface area contributed by atoms with Crippen molar-refractivity contribution in [2.75, 3.05) is 4.72 Å². The summed E-state index contributed by atoms with van der Waals surface area (Å²) in [5, 5.41) is 4.19. The number of anilines is 1. The van der Waals surface area contributed by atoms with Gasteiger partial charge in [-0.15, -0.1) is 0 Å². The fourth-order valence-electron chi connectivity index (χ4n) is 2.39. The lowest BCUT2D eigenvalue weighted by Gasteiger charge is -2.08. The molecule has 0 atom stereocenters. The number of hydrogen-bond acceptors (Lipinski definition) is 3. The van der Waals surface area contributed by atoms with Gasteiger partial charge in [0.15, 0.2) is 0 Å². The quantitative estimate of drug-likeness (QED) is 0.756. The van der Waals surface area contributed by atoms with Gasteiger partial charge in [0, 0.05) is 12.3 Å². The molecule has 0 aliphatic carbocycles. The van der Waals surface area contributed by atoms with E-state index < -0.39 is 21.7 Å². The van der Waals surface area contributed by atoms with Gasteiger partial charge in [-0.25, -0.2) is 17.2 Å². The Balaban J connectivity index is 1.87. The zero-order valence-electron chi connectivity index (χ0n) is 13.3. The molecule has 2 aromatic carbocycles. The highest BCUT2D eigenvalue weighted by molar-refractivity contribution is 7.92. The van der Waals surface area contributed by atoms with Crippen LogP contribution in [0.5, 0.6) is 0 Å². The predicted molar refractivity (Wildman–Crippen MR) is 89.7 cm³/mol. The first-order valence-electron chi connectivity index (χ1n) is 7.41. The van der Waals surface area contributed by atoms with Gasteiger partial charge in [-0.2, -0.15) is 5.10 Å². The van der Waals surface area contributed by atoms with Crippen LogP contribution in [0.4, 0.5) is 14.5 Å². The summed E-state index contributed by atoms with van der Waals surface area (Å²) in [6.45, 7) is 1.96. The normalized spacial score (nSPS) is 11.5. The van der Waals surface area contributed by atoms with Gasteiger partial charge >= 0.3 is 0 Å². The maximum absolute atomic E-state index is 13.7. The summed E-state index contributed by atoms with van der Waals surface area (Å²) in [5.41, 5.74) is 0.925. The molecule has 0 spiro atoms. The number of rotatable bonds is 5. The van der Waals surface area contributed by atoms with Crippen LogP contribution in [0, 0.1) is 18.6 Å². The van der Waals surface area contributed by atoms with Crippen molar-refractivity contribution in [3.63, 3.8) is 0 Å². The van der Waals surface area contributed by atoms with Crippen LogP contribution in [0.15, 0.2) is 59.6 Å². The van der Waals surface area contributed by atoms with Crippen molar-refractivity contribution in [1.82, 2.24) is 9.78 Å². The van der Waals surface area contributed by atoms with E-state index in [0.29, 0.717) is 12.6 Å². The zero-order chi connectivity index (χ0) is 18.0. The van der Waals surface area contributed by atoms with Gasteiger partial charge in [0.2, 0.25) is 0 Å². The van der Waals surface area contributed by atoms with E-state index in [-0.39, 0.29) is 16.3 Å². The molecule has 5 nitrogen and oxygen atoms in total.